The fourth-order valence-electron chi connectivity index (χ4n) is 1.71. The van der Waals surface area contributed by atoms with E-state index in [1.807, 2.05) is 18.2 Å². The van der Waals surface area contributed by atoms with Gasteiger partial charge in [-0.15, -0.1) is 0 Å². The van der Waals surface area contributed by atoms with Gasteiger partial charge in [-0.1, -0.05) is 11.6 Å². The molecule has 1 N–H and O–H groups in total. The van der Waals surface area contributed by atoms with Crippen LogP contribution in [-0.2, 0) is 0 Å². The number of nitrogens with one attached hydrogen (secondary N) is 1. The highest BCUT2D eigenvalue weighted by molar-refractivity contribution is 6.30. The van der Waals surface area contributed by atoms with Crippen LogP contribution in [0.3, 0.4) is 0 Å². The number of aromatic amines is 1. The number of halogens is 2. The van der Waals surface area contributed by atoms with E-state index in [0.29, 0.717) is 5.75 Å². The van der Waals surface area contributed by atoms with E-state index in [2.05, 4.69) is 15.2 Å². The lowest BCUT2D eigenvalue weighted by Crippen LogP contribution is -1.91. The van der Waals surface area contributed by atoms with Gasteiger partial charge in [0.05, 0.1) is 10.7 Å². The first-order valence-corrected chi connectivity index (χ1v) is 6.19. The minimum atomic E-state index is -0.602. The third-order valence-corrected chi connectivity index (χ3v) is 2.86. The van der Waals surface area contributed by atoms with Gasteiger partial charge in [0.1, 0.15) is 5.75 Å². The molecule has 0 spiro atoms. The molecular weight excluding hydrogens is 281 g/mol. The second-order valence-electron chi connectivity index (χ2n) is 4.04. The van der Waals surface area contributed by atoms with Crippen LogP contribution in [-0.4, -0.2) is 15.2 Å². The van der Waals surface area contributed by atoms with Crippen molar-refractivity contribution in [2.75, 3.05) is 0 Å². The summed E-state index contributed by atoms with van der Waals surface area (Å²) in [7, 11) is 0. The number of aromatic nitrogens is 3. The number of nitrogens with zero attached hydrogens (tertiary/aromatic N) is 2. The average molecular weight is 290 g/mol. The van der Waals surface area contributed by atoms with Crippen molar-refractivity contribution in [2.45, 2.75) is 0 Å². The minimum Gasteiger partial charge on any atom is -0.436 e. The van der Waals surface area contributed by atoms with Gasteiger partial charge in [-0.05, 0) is 42.0 Å². The lowest BCUT2D eigenvalue weighted by atomic mass is 10.1. The van der Waals surface area contributed by atoms with E-state index in [0.717, 1.165) is 17.3 Å². The van der Waals surface area contributed by atoms with Crippen LogP contribution in [0, 0.1) is 5.82 Å². The molecule has 0 aliphatic carbocycles. The van der Waals surface area contributed by atoms with Gasteiger partial charge in [0, 0.05) is 12.4 Å². The molecule has 0 aliphatic rings. The number of hydrogen-bond donors (Lipinski definition) is 1. The van der Waals surface area contributed by atoms with E-state index in [1.54, 1.807) is 18.3 Å². The minimum absolute atomic E-state index is 0.108. The number of benzene rings is 1. The molecule has 0 saturated heterocycles. The van der Waals surface area contributed by atoms with Gasteiger partial charge in [0.2, 0.25) is 0 Å². The van der Waals surface area contributed by atoms with Gasteiger partial charge in [-0.25, -0.2) is 9.37 Å². The lowest BCUT2D eigenvalue weighted by molar-refractivity contribution is 0.423. The van der Waals surface area contributed by atoms with E-state index in [1.165, 1.54) is 6.20 Å². The van der Waals surface area contributed by atoms with Crippen LogP contribution in [0.1, 0.15) is 0 Å². The molecule has 3 aromatic rings. The summed E-state index contributed by atoms with van der Waals surface area (Å²) >= 11 is 5.63. The standard InChI is InChI=1S/C14H9ClFN3O/c15-10-7-12(16)14(17-8-10)20-11-3-1-9(2-4-11)13-5-6-18-19-13/h1-8H,(H,18,19). The van der Waals surface area contributed by atoms with Crippen molar-refractivity contribution in [3.63, 3.8) is 0 Å². The fraction of sp³-hybridized carbons (Fsp3) is 0. The first-order valence-electron chi connectivity index (χ1n) is 5.81. The molecule has 20 heavy (non-hydrogen) atoms. The summed E-state index contributed by atoms with van der Waals surface area (Å²) < 4.78 is 18.9. The maximum Gasteiger partial charge on any atom is 0.255 e. The zero-order chi connectivity index (χ0) is 13.9. The Balaban J connectivity index is 1.81. The van der Waals surface area contributed by atoms with Crippen molar-refractivity contribution in [3.8, 4) is 22.9 Å². The maximum atomic E-state index is 13.6. The number of pyridine rings is 1. The molecule has 4 nitrogen and oxygen atoms in total. The van der Waals surface area contributed by atoms with Crippen LogP contribution in [0.5, 0.6) is 11.6 Å². The Morgan fingerprint density at radius 3 is 2.60 bits per heavy atom. The van der Waals surface area contributed by atoms with Crippen LogP contribution >= 0.6 is 11.6 Å². The number of rotatable bonds is 3. The molecule has 0 radical (unpaired) electrons. The summed E-state index contributed by atoms with van der Waals surface area (Å²) in [5.41, 5.74) is 1.85. The van der Waals surface area contributed by atoms with Gasteiger partial charge in [-0.2, -0.15) is 5.10 Å². The molecule has 6 heteroatoms. The molecule has 100 valence electrons. The van der Waals surface area contributed by atoms with E-state index in [4.69, 9.17) is 16.3 Å². The van der Waals surface area contributed by atoms with Gasteiger partial charge >= 0.3 is 0 Å². The molecule has 2 aromatic heterocycles. The van der Waals surface area contributed by atoms with Crippen LogP contribution in [0.4, 0.5) is 4.39 Å². The van der Waals surface area contributed by atoms with Gasteiger partial charge in [0.15, 0.2) is 5.82 Å². The predicted octanol–water partition coefficient (Wildman–Crippen LogP) is 4.06. The summed E-state index contributed by atoms with van der Waals surface area (Å²) in [6, 6.07) is 10.2. The van der Waals surface area contributed by atoms with E-state index >= 15 is 0 Å². The SMILES string of the molecule is Fc1cc(Cl)cnc1Oc1ccc(-c2ccn[nH]2)cc1. The maximum absolute atomic E-state index is 13.6. The largest absolute Gasteiger partial charge is 0.436 e. The quantitative estimate of drug-likeness (QED) is 0.791. The molecule has 3 rings (SSSR count). The third-order valence-electron chi connectivity index (χ3n) is 2.65. The average Bonchev–Trinajstić information content (AvgIpc) is 2.97. The Morgan fingerprint density at radius 1 is 1.15 bits per heavy atom. The van der Waals surface area contributed by atoms with Gasteiger partial charge in [0.25, 0.3) is 5.88 Å². The summed E-state index contributed by atoms with van der Waals surface area (Å²) in [5, 5.41) is 6.97. The summed E-state index contributed by atoms with van der Waals surface area (Å²) in [6.07, 6.45) is 3.01. The third kappa shape index (κ3) is 2.62. The number of ether oxygens (including phenoxy) is 1. The molecule has 0 unspecified atom stereocenters. The smallest absolute Gasteiger partial charge is 0.255 e. The predicted molar refractivity (Wildman–Crippen MR) is 73.3 cm³/mol. The Labute approximate surface area is 119 Å². The molecule has 1 aromatic carbocycles. The summed E-state index contributed by atoms with van der Waals surface area (Å²) in [6.45, 7) is 0. The molecule has 0 saturated carbocycles. The highest BCUT2D eigenvalue weighted by Gasteiger charge is 2.07. The lowest BCUT2D eigenvalue weighted by Gasteiger charge is -2.06. The van der Waals surface area contributed by atoms with Gasteiger partial charge < -0.3 is 4.74 Å². The van der Waals surface area contributed by atoms with Crippen LogP contribution in [0.2, 0.25) is 5.02 Å². The molecule has 0 bridgehead atoms. The van der Waals surface area contributed by atoms with Crippen molar-refractivity contribution in [2.24, 2.45) is 0 Å². The normalized spacial score (nSPS) is 10.5. The highest BCUT2D eigenvalue weighted by atomic mass is 35.5. The van der Waals surface area contributed by atoms with E-state index in [9.17, 15) is 4.39 Å². The summed E-state index contributed by atoms with van der Waals surface area (Å²) in [4.78, 5) is 3.80. The topological polar surface area (TPSA) is 50.8 Å². The first-order chi connectivity index (χ1) is 9.72. The molecular formula is C14H9ClFN3O. The Kier molecular flexibility index (Phi) is 3.35. The van der Waals surface area contributed by atoms with E-state index < -0.39 is 5.82 Å². The van der Waals surface area contributed by atoms with Crippen molar-refractivity contribution >= 4 is 11.6 Å². The zero-order valence-electron chi connectivity index (χ0n) is 10.2. The molecule has 0 atom stereocenters. The first kappa shape index (κ1) is 12.6. The summed E-state index contributed by atoms with van der Waals surface area (Å²) in [5.74, 6) is -0.221. The zero-order valence-corrected chi connectivity index (χ0v) is 10.9. The molecule has 2 heterocycles. The second-order valence-corrected chi connectivity index (χ2v) is 4.47. The Hall–Kier alpha value is -2.40. The van der Waals surface area contributed by atoms with Crippen LogP contribution < -0.4 is 4.74 Å². The van der Waals surface area contributed by atoms with Crippen LogP contribution in [0.15, 0.2) is 48.8 Å². The Bertz CT molecular complexity index is 714. The van der Waals surface area contributed by atoms with Crippen molar-refractivity contribution in [1.82, 2.24) is 15.2 Å². The number of H-pyrrole nitrogens is 1. The van der Waals surface area contributed by atoms with Crippen LogP contribution in [0.25, 0.3) is 11.3 Å². The molecule has 0 fully saturated rings. The monoisotopic (exact) mass is 289 g/mol. The highest BCUT2D eigenvalue weighted by Crippen LogP contribution is 2.26. The van der Waals surface area contributed by atoms with Gasteiger partial charge in [-0.3, -0.25) is 5.10 Å². The van der Waals surface area contributed by atoms with Crippen molar-refractivity contribution < 1.29 is 9.13 Å². The van der Waals surface area contributed by atoms with Crippen molar-refractivity contribution in [1.29, 1.82) is 0 Å². The van der Waals surface area contributed by atoms with Crippen molar-refractivity contribution in [3.05, 3.63) is 59.6 Å². The molecule has 0 aliphatic heterocycles. The second kappa shape index (κ2) is 5.30. The number of hydrogen-bond acceptors (Lipinski definition) is 3. The van der Waals surface area contributed by atoms with E-state index in [-0.39, 0.29) is 10.9 Å². The Morgan fingerprint density at radius 2 is 1.95 bits per heavy atom. The fourth-order valence-corrected chi connectivity index (χ4v) is 1.85. The molecule has 0 amide bonds.